The first-order valence-electron chi connectivity index (χ1n) is 9.58. The Morgan fingerprint density at radius 3 is 2.93 bits per heavy atom. The topological polar surface area (TPSA) is 83.2 Å². The van der Waals surface area contributed by atoms with Crippen LogP contribution in [0.4, 0.5) is 0 Å². The number of carbonyl (C=O) groups is 1. The molecule has 0 aliphatic carbocycles. The van der Waals surface area contributed by atoms with Crippen molar-refractivity contribution in [3.63, 3.8) is 0 Å². The molecular weight excluding hydrogens is 342 g/mol. The lowest BCUT2D eigenvalue weighted by Crippen LogP contribution is -2.42. The molecule has 1 saturated heterocycles. The van der Waals surface area contributed by atoms with Crippen molar-refractivity contribution in [2.24, 2.45) is 10.7 Å². The third-order valence-electron chi connectivity index (χ3n) is 4.85. The number of hydrogen-bond acceptors (Lipinski definition) is 4. The molecule has 146 valence electrons. The van der Waals surface area contributed by atoms with Gasteiger partial charge in [-0.3, -0.25) is 9.69 Å². The van der Waals surface area contributed by atoms with Crippen molar-refractivity contribution in [1.82, 2.24) is 15.1 Å². The zero-order valence-electron chi connectivity index (χ0n) is 15.9. The number of likely N-dealkylation sites (tertiary alicyclic amines) is 1. The highest BCUT2D eigenvalue weighted by atomic mass is 16.5. The Balaban J connectivity index is 1.60. The van der Waals surface area contributed by atoms with Gasteiger partial charge in [-0.25, -0.2) is 4.99 Å². The van der Waals surface area contributed by atoms with E-state index in [9.17, 15) is 4.79 Å². The summed E-state index contributed by atoms with van der Waals surface area (Å²) in [7, 11) is 0. The van der Waals surface area contributed by atoms with Gasteiger partial charge < -0.3 is 20.7 Å². The monoisotopic (exact) mass is 371 g/mol. The van der Waals surface area contributed by atoms with Gasteiger partial charge in [0.2, 0.25) is 0 Å². The molecule has 7 nitrogen and oxygen atoms in total. The molecule has 1 atom stereocenters. The Morgan fingerprint density at radius 2 is 2.19 bits per heavy atom. The number of nitrogens with zero attached hydrogens (tertiary/aromatic N) is 3. The first-order chi connectivity index (χ1) is 13.2. The van der Waals surface area contributed by atoms with Crippen LogP contribution in [0.5, 0.6) is 5.75 Å². The number of amides is 1. The van der Waals surface area contributed by atoms with Crippen LogP contribution in [0.1, 0.15) is 18.9 Å². The molecule has 7 heteroatoms. The lowest BCUT2D eigenvalue weighted by atomic mass is 10.2. The number of carbonyl (C=O) groups excluding carboxylic acids is 1. The van der Waals surface area contributed by atoms with Gasteiger partial charge in [-0.15, -0.1) is 0 Å². The van der Waals surface area contributed by atoms with E-state index >= 15 is 0 Å². The quantitative estimate of drug-likeness (QED) is 0.424. The molecule has 3 rings (SSSR count). The van der Waals surface area contributed by atoms with Gasteiger partial charge in [0, 0.05) is 38.8 Å². The molecule has 1 amide bonds. The Kier molecular flexibility index (Phi) is 6.70. The third-order valence-corrected chi connectivity index (χ3v) is 4.85. The minimum atomic E-state index is -0.482. The van der Waals surface area contributed by atoms with Crippen LogP contribution in [0.25, 0.3) is 0 Å². The second-order valence-electron chi connectivity index (χ2n) is 6.89. The van der Waals surface area contributed by atoms with Crippen LogP contribution < -0.4 is 15.8 Å². The van der Waals surface area contributed by atoms with Crippen LogP contribution in [0, 0.1) is 0 Å². The van der Waals surface area contributed by atoms with Gasteiger partial charge in [-0.2, -0.15) is 0 Å². The number of benzene rings is 1. The molecule has 1 aromatic rings. The summed E-state index contributed by atoms with van der Waals surface area (Å²) in [4.78, 5) is 20.5. The number of aliphatic imine (C=N–C) groups is 1. The van der Waals surface area contributed by atoms with Gasteiger partial charge in [0.1, 0.15) is 5.75 Å². The SMILES string of the molecule is CCNC(=NCc1cccc(OCC(N)=O)c1)N1CCC(N2CC=CC2)C1. The lowest BCUT2D eigenvalue weighted by Gasteiger charge is -2.25. The summed E-state index contributed by atoms with van der Waals surface area (Å²) in [5, 5.41) is 3.41. The van der Waals surface area contributed by atoms with E-state index in [2.05, 4.69) is 34.2 Å². The van der Waals surface area contributed by atoms with E-state index in [1.807, 2.05) is 24.3 Å². The number of rotatable bonds is 7. The van der Waals surface area contributed by atoms with E-state index in [0.717, 1.165) is 44.2 Å². The number of hydrogen-bond donors (Lipinski definition) is 2. The zero-order chi connectivity index (χ0) is 19.1. The average molecular weight is 371 g/mol. The van der Waals surface area contributed by atoms with E-state index in [0.29, 0.717) is 18.3 Å². The minimum absolute atomic E-state index is 0.115. The summed E-state index contributed by atoms with van der Waals surface area (Å²) in [6.07, 6.45) is 5.66. The van der Waals surface area contributed by atoms with Crippen molar-refractivity contribution in [3.05, 3.63) is 42.0 Å². The first kappa shape index (κ1) is 19.2. The average Bonchev–Trinajstić information content (AvgIpc) is 3.35. The van der Waals surface area contributed by atoms with Crippen LogP contribution in [-0.2, 0) is 11.3 Å². The molecule has 27 heavy (non-hydrogen) atoms. The number of guanidine groups is 1. The summed E-state index contributed by atoms with van der Waals surface area (Å²) in [5.41, 5.74) is 6.16. The number of nitrogens with two attached hydrogens (primary N) is 1. The summed E-state index contributed by atoms with van der Waals surface area (Å²) in [6.45, 7) is 7.52. The Bertz CT molecular complexity index is 695. The molecule has 2 aliphatic heterocycles. The normalized spacial score (nSPS) is 20.3. The Morgan fingerprint density at radius 1 is 1.37 bits per heavy atom. The predicted octanol–water partition coefficient (Wildman–Crippen LogP) is 0.962. The van der Waals surface area contributed by atoms with Gasteiger partial charge in [-0.1, -0.05) is 24.3 Å². The van der Waals surface area contributed by atoms with Crippen LogP contribution in [0.3, 0.4) is 0 Å². The van der Waals surface area contributed by atoms with Crippen molar-refractivity contribution in [3.8, 4) is 5.75 Å². The molecular formula is C20H29N5O2. The highest BCUT2D eigenvalue weighted by molar-refractivity contribution is 5.80. The fourth-order valence-electron chi connectivity index (χ4n) is 3.50. The molecule has 0 spiro atoms. The fourth-order valence-corrected chi connectivity index (χ4v) is 3.50. The highest BCUT2D eigenvalue weighted by Crippen LogP contribution is 2.19. The molecule has 2 heterocycles. The van der Waals surface area contributed by atoms with E-state index in [-0.39, 0.29) is 6.61 Å². The maximum atomic E-state index is 10.9. The van der Waals surface area contributed by atoms with Gasteiger partial charge >= 0.3 is 0 Å². The Hall–Kier alpha value is -2.54. The summed E-state index contributed by atoms with van der Waals surface area (Å²) in [6, 6.07) is 8.22. The van der Waals surface area contributed by atoms with E-state index in [1.54, 1.807) is 0 Å². The summed E-state index contributed by atoms with van der Waals surface area (Å²) in [5.74, 6) is 1.11. The van der Waals surface area contributed by atoms with E-state index < -0.39 is 5.91 Å². The molecule has 0 radical (unpaired) electrons. The largest absolute Gasteiger partial charge is 0.484 e. The molecule has 3 N–H and O–H groups in total. The number of ether oxygens (including phenoxy) is 1. The number of primary amides is 1. The van der Waals surface area contributed by atoms with Crippen molar-refractivity contribution < 1.29 is 9.53 Å². The van der Waals surface area contributed by atoms with Crippen LogP contribution in [0.2, 0.25) is 0 Å². The molecule has 0 aromatic heterocycles. The molecule has 1 unspecified atom stereocenters. The second kappa shape index (κ2) is 9.41. The maximum absolute atomic E-state index is 10.9. The molecule has 1 aromatic carbocycles. The third kappa shape index (κ3) is 5.47. The van der Waals surface area contributed by atoms with Crippen molar-refractivity contribution >= 4 is 11.9 Å². The lowest BCUT2D eigenvalue weighted by molar-refractivity contribution is -0.119. The van der Waals surface area contributed by atoms with E-state index in [4.69, 9.17) is 15.5 Å². The Labute approximate surface area is 160 Å². The summed E-state index contributed by atoms with van der Waals surface area (Å²) < 4.78 is 5.37. The molecule has 1 fully saturated rings. The van der Waals surface area contributed by atoms with Crippen LogP contribution in [-0.4, -0.2) is 67.0 Å². The van der Waals surface area contributed by atoms with Crippen LogP contribution >= 0.6 is 0 Å². The molecule has 0 saturated carbocycles. The van der Waals surface area contributed by atoms with Crippen LogP contribution in [0.15, 0.2) is 41.4 Å². The van der Waals surface area contributed by atoms with Crippen molar-refractivity contribution in [2.75, 3.05) is 39.3 Å². The fraction of sp³-hybridized carbons (Fsp3) is 0.500. The van der Waals surface area contributed by atoms with Gasteiger partial charge in [0.15, 0.2) is 12.6 Å². The second-order valence-corrected chi connectivity index (χ2v) is 6.89. The van der Waals surface area contributed by atoms with Gasteiger partial charge in [-0.05, 0) is 31.0 Å². The summed E-state index contributed by atoms with van der Waals surface area (Å²) >= 11 is 0. The standard InChI is InChI=1S/C20H29N5O2/c1-2-22-20(25-11-8-17(14-25)24-9-3-4-10-24)23-13-16-6-5-7-18(12-16)27-15-19(21)26/h3-7,12,17H,2,8-11,13-15H2,1H3,(H2,21,26)(H,22,23). The van der Waals surface area contributed by atoms with E-state index in [1.165, 1.54) is 6.42 Å². The smallest absolute Gasteiger partial charge is 0.255 e. The van der Waals surface area contributed by atoms with Gasteiger partial charge in [0.25, 0.3) is 5.91 Å². The molecule has 0 bridgehead atoms. The molecule has 2 aliphatic rings. The maximum Gasteiger partial charge on any atom is 0.255 e. The number of nitrogens with one attached hydrogen (secondary N) is 1. The van der Waals surface area contributed by atoms with Gasteiger partial charge in [0.05, 0.1) is 6.54 Å². The van der Waals surface area contributed by atoms with Crippen molar-refractivity contribution in [1.29, 1.82) is 0 Å². The zero-order valence-corrected chi connectivity index (χ0v) is 15.9. The first-order valence-corrected chi connectivity index (χ1v) is 9.58. The van der Waals surface area contributed by atoms with Crippen molar-refractivity contribution in [2.45, 2.75) is 25.9 Å². The highest BCUT2D eigenvalue weighted by Gasteiger charge is 2.29. The predicted molar refractivity (Wildman–Crippen MR) is 107 cm³/mol. The minimum Gasteiger partial charge on any atom is -0.484 e.